The molecule has 51 valence electrons. The summed E-state index contributed by atoms with van der Waals surface area (Å²) in [4.78, 5) is 9.70. The van der Waals surface area contributed by atoms with E-state index in [0.29, 0.717) is 5.76 Å². The first kappa shape index (κ1) is 8.21. The van der Waals surface area contributed by atoms with Crippen molar-refractivity contribution < 1.29 is 9.53 Å². The van der Waals surface area contributed by atoms with Gasteiger partial charge in [-0.2, -0.15) is 0 Å². The zero-order valence-electron chi connectivity index (χ0n) is 6.02. The molecule has 2 nitrogen and oxygen atoms in total. The van der Waals surface area contributed by atoms with Crippen LogP contribution in [0.3, 0.4) is 0 Å². The predicted octanol–water partition coefficient (Wildman–Crippen LogP) is 1.77. The van der Waals surface area contributed by atoms with Gasteiger partial charge in [-0.25, -0.2) is 4.79 Å². The van der Waals surface area contributed by atoms with E-state index in [1.165, 1.54) is 6.47 Å². The van der Waals surface area contributed by atoms with Crippen molar-refractivity contribution in [3.05, 3.63) is 11.3 Å². The maximum Gasteiger partial charge on any atom is 0.422 e. The van der Waals surface area contributed by atoms with Gasteiger partial charge in [-0.3, -0.25) is 0 Å². The summed E-state index contributed by atoms with van der Waals surface area (Å²) >= 11 is 0. The Bertz CT molecular complexity index is 121. The molecule has 0 heterocycles. The lowest BCUT2D eigenvalue weighted by molar-refractivity contribution is 0.347. The third kappa shape index (κ3) is 2.90. The topological polar surface area (TPSA) is 26.3 Å². The summed E-state index contributed by atoms with van der Waals surface area (Å²) in [6.45, 7) is 7.12. The Kier molecular flexibility index (Phi) is 3.76. The van der Waals surface area contributed by atoms with Gasteiger partial charge in [0.15, 0.2) is 0 Å². The summed E-state index contributed by atoms with van der Waals surface area (Å²) in [7, 11) is 0. The summed E-state index contributed by atoms with van der Waals surface area (Å²) in [6, 6.07) is 0. The first-order chi connectivity index (χ1) is 4.22. The Balaban J connectivity index is 3.97. The van der Waals surface area contributed by atoms with Crippen LogP contribution >= 0.6 is 0 Å². The molecule has 0 bridgehead atoms. The molecule has 0 saturated heterocycles. The molecule has 0 aromatic heterocycles. The molecule has 0 spiro atoms. The minimum Gasteiger partial charge on any atom is -0.423 e. The van der Waals surface area contributed by atoms with Gasteiger partial charge < -0.3 is 4.74 Å². The van der Waals surface area contributed by atoms with Crippen molar-refractivity contribution in [3.63, 3.8) is 0 Å². The molecule has 2 heteroatoms. The van der Waals surface area contributed by atoms with E-state index in [4.69, 9.17) is 0 Å². The van der Waals surface area contributed by atoms with Crippen molar-refractivity contribution in [1.82, 2.24) is 0 Å². The summed E-state index contributed by atoms with van der Waals surface area (Å²) in [5.41, 5.74) is 1.03. The third-order valence-electron chi connectivity index (χ3n) is 1.04. The highest BCUT2D eigenvalue weighted by atomic mass is 16.5. The average Bonchev–Trinajstić information content (AvgIpc) is 1.82. The fraction of sp³-hybridized carbons (Fsp3) is 0.571. The van der Waals surface area contributed by atoms with Gasteiger partial charge in [-0.1, -0.05) is 6.92 Å². The number of carbonyl (C=O) groups excluding carboxylic acids is 1. The Labute approximate surface area is 55.5 Å². The maximum absolute atomic E-state index is 9.70. The molecule has 1 radical (unpaired) electrons. The fourth-order valence-electron chi connectivity index (χ4n) is 0.578. The summed E-state index contributed by atoms with van der Waals surface area (Å²) in [5.74, 6) is 0.713. The highest BCUT2D eigenvalue weighted by Gasteiger charge is 1.95. The smallest absolute Gasteiger partial charge is 0.422 e. The van der Waals surface area contributed by atoms with Crippen LogP contribution in [0.5, 0.6) is 0 Å². The number of allylic oxidation sites excluding steroid dienone is 2. The first-order valence-electron chi connectivity index (χ1n) is 2.92. The second kappa shape index (κ2) is 4.13. The van der Waals surface area contributed by atoms with Gasteiger partial charge >= 0.3 is 6.47 Å². The molecule has 0 amide bonds. The molecule has 0 aromatic carbocycles. The summed E-state index contributed by atoms with van der Waals surface area (Å²) < 4.78 is 4.53. The monoisotopic (exact) mass is 127 g/mol. The van der Waals surface area contributed by atoms with Crippen molar-refractivity contribution in [3.8, 4) is 0 Å². The third-order valence-corrected chi connectivity index (χ3v) is 1.04. The van der Waals surface area contributed by atoms with E-state index >= 15 is 0 Å². The second-order valence-corrected chi connectivity index (χ2v) is 1.96. The molecule has 9 heavy (non-hydrogen) atoms. The van der Waals surface area contributed by atoms with Crippen LogP contribution in [0.1, 0.15) is 27.2 Å². The Morgan fingerprint density at radius 3 is 2.22 bits per heavy atom. The SMILES string of the molecule is CCC(O[C]=O)=C(C)C. The molecule has 0 unspecified atom stereocenters. The number of rotatable bonds is 3. The highest BCUT2D eigenvalue weighted by Crippen LogP contribution is 2.06. The van der Waals surface area contributed by atoms with Crippen LogP contribution in [0, 0.1) is 0 Å². The van der Waals surface area contributed by atoms with Crippen LogP contribution in [0.2, 0.25) is 0 Å². The molecular weight excluding hydrogens is 116 g/mol. The van der Waals surface area contributed by atoms with Gasteiger partial charge in [0, 0.05) is 6.42 Å². The lowest BCUT2D eigenvalue weighted by Crippen LogP contribution is -1.89. The van der Waals surface area contributed by atoms with Crippen LogP contribution in [0.25, 0.3) is 0 Å². The molecule has 0 saturated carbocycles. The van der Waals surface area contributed by atoms with Crippen molar-refractivity contribution in [2.45, 2.75) is 27.2 Å². The Morgan fingerprint density at radius 2 is 2.11 bits per heavy atom. The Hall–Kier alpha value is -0.790. The highest BCUT2D eigenvalue weighted by molar-refractivity contribution is 5.41. The molecule has 0 aliphatic rings. The summed E-state index contributed by atoms with van der Waals surface area (Å²) in [6.07, 6.45) is 0.748. The van der Waals surface area contributed by atoms with Crippen molar-refractivity contribution in [1.29, 1.82) is 0 Å². The zero-order chi connectivity index (χ0) is 7.28. The van der Waals surface area contributed by atoms with Crippen LogP contribution in [0.4, 0.5) is 0 Å². The lowest BCUT2D eigenvalue weighted by atomic mass is 10.2. The van der Waals surface area contributed by atoms with Gasteiger partial charge in [0.2, 0.25) is 0 Å². The van der Waals surface area contributed by atoms with E-state index in [2.05, 4.69) is 4.74 Å². The fourth-order valence-corrected chi connectivity index (χ4v) is 0.578. The minimum absolute atomic E-state index is 0.713. The molecule has 0 atom stereocenters. The minimum atomic E-state index is 0.713. The van der Waals surface area contributed by atoms with Gasteiger partial charge in [0.05, 0.1) is 0 Å². The zero-order valence-corrected chi connectivity index (χ0v) is 6.02. The van der Waals surface area contributed by atoms with Crippen LogP contribution in [0.15, 0.2) is 11.3 Å². The molecule has 0 fully saturated rings. The maximum atomic E-state index is 9.70. The number of hydrogen-bond donors (Lipinski definition) is 0. The van der Waals surface area contributed by atoms with Gasteiger partial charge in [-0.05, 0) is 19.4 Å². The van der Waals surface area contributed by atoms with E-state index in [1.807, 2.05) is 20.8 Å². The van der Waals surface area contributed by atoms with Crippen molar-refractivity contribution in [2.24, 2.45) is 0 Å². The molecular formula is C7H11O2. The van der Waals surface area contributed by atoms with Gasteiger partial charge in [0.25, 0.3) is 0 Å². The van der Waals surface area contributed by atoms with Crippen LogP contribution in [-0.2, 0) is 9.53 Å². The van der Waals surface area contributed by atoms with E-state index in [9.17, 15) is 4.79 Å². The number of ether oxygens (including phenoxy) is 1. The average molecular weight is 127 g/mol. The predicted molar refractivity (Wildman–Crippen MR) is 35.4 cm³/mol. The van der Waals surface area contributed by atoms with E-state index in [-0.39, 0.29) is 0 Å². The molecule has 0 aliphatic carbocycles. The Morgan fingerprint density at radius 1 is 1.56 bits per heavy atom. The van der Waals surface area contributed by atoms with E-state index in [1.54, 1.807) is 0 Å². The quantitative estimate of drug-likeness (QED) is 0.540. The normalized spacial score (nSPS) is 8.33. The molecule has 0 aromatic rings. The van der Waals surface area contributed by atoms with Crippen molar-refractivity contribution in [2.75, 3.05) is 0 Å². The molecule has 0 N–H and O–H groups in total. The van der Waals surface area contributed by atoms with Gasteiger partial charge in [0.1, 0.15) is 5.76 Å². The van der Waals surface area contributed by atoms with E-state index in [0.717, 1.165) is 12.0 Å². The van der Waals surface area contributed by atoms with Crippen LogP contribution in [-0.4, -0.2) is 6.47 Å². The second-order valence-electron chi connectivity index (χ2n) is 1.96. The van der Waals surface area contributed by atoms with Crippen LogP contribution < -0.4 is 0 Å². The molecule has 0 aliphatic heterocycles. The lowest BCUT2D eigenvalue weighted by Gasteiger charge is -2.00. The van der Waals surface area contributed by atoms with E-state index < -0.39 is 0 Å². The first-order valence-corrected chi connectivity index (χ1v) is 2.92. The van der Waals surface area contributed by atoms with Gasteiger partial charge in [-0.15, -0.1) is 0 Å². The van der Waals surface area contributed by atoms with Crippen molar-refractivity contribution >= 4 is 6.47 Å². The molecule has 0 rings (SSSR count). The summed E-state index contributed by atoms with van der Waals surface area (Å²) in [5, 5.41) is 0. The number of hydrogen-bond acceptors (Lipinski definition) is 2. The standard InChI is InChI=1S/C7H11O2/c1-4-7(6(2)3)9-5-8/h4H2,1-3H3. The largest absolute Gasteiger partial charge is 0.423 e.